The van der Waals surface area contributed by atoms with Gasteiger partial charge in [0.05, 0.1) is 18.8 Å². The van der Waals surface area contributed by atoms with Crippen molar-refractivity contribution in [3.05, 3.63) is 47.4 Å². The van der Waals surface area contributed by atoms with Gasteiger partial charge in [0, 0.05) is 25.0 Å². The van der Waals surface area contributed by atoms with Crippen molar-refractivity contribution >= 4 is 6.29 Å². The number of hydrogen-bond donors (Lipinski definition) is 0. The van der Waals surface area contributed by atoms with Crippen LogP contribution in [0.3, 0.4) is 0 Å². The third-order valence-electron chi connectivity index (χ3n) is 3.71. The number of carbonyl (C=O) groups is 1. The number of aromatic nitrogens is 1. The number of nitrogens with zero attached hydrogens (tertiary/aromatic N) is 1. The highest BCUT2D eigenvalue weighted by Gasteiger charge is 2.21. The van der Waals surface area contributed by atoms with Gasteiger partial charge in [0.25, 0.3) is 0 Å². The second-order valence-corrected chi connectivity index (χ2v) is 5.38. The van der Waals surface area contributed by atoms with Crippen LogP contribution < -0.4 is 4.74 Å². The molecule has 4 nitrogen and oxygen atoms in total. The summed E-state index contributed by atoms with van der Waals surface area (Å²) in [6.07, 6.45) is 1.45. The monoisotopic (exact) mass is 337 g/mol. The lowest BCUT2D eigenvalue weighted by molar-refractivity contribution is 0.0253. The highest BCUT2D eigenvalue weighted by atomic mass is 19.1. The first-order valence-electron chi connectivity index (χ1n) is 7.44. The molecule has 1 aliphatic heterocycles. The van der Waals surface area contributed by atoms with E-state index in [0.717, 1.165) is 24.3 Å². The number of aldehydes is 1. The summed E-state index contributed by atoms with van der Waals surface area (Å²) < 4.78 is 53.3. The number of pyridine rings is 1. The molecule has 1 fully saturated rings. The molecule has 2 aromatic rings. The van der Waals surface area contributed by atoms with Gasteiger partial charge in [-0.1, -0.05) is 0 Å². The number of carbonyl (C=O) groups excluding carboxylic acids is 1. The Balaban J connectivity index is 1.94. The van der Waals surface area contributed by atoms with E-state index in [0.29, 0.717) is 32.3 Å². The van der Waals surface area contributed by atoms with Gasteiger partial charge in [-0.15, -0.1) is 0 Å². The Morgan fingerprint density at radius 1 is 1.08 bits per heavy atom. The average molecular weight is 337 g/mol. The fourth-order valence-electron chi connectivity index (χ4n) is 2.53. The van der Waals surface area contributed by atoms with Crippen LogP contribution in [0.25, 0.3) is 11.3 Å². The van der Waals surface area contributed by atoms with Crippen molar-refractivity contribution in [1.29, 1.82) is 0 Å². The number of benzene rings is 1. The minimum Gasteiger partial charge on any atom is -0.490 e. The zero-order chi connectivity index (χ0) is 17.1. The van der Waals surface area contributed by atoms with E-state index >= 15 is 0 Å². The van der Waals surface area contributed by atoms with Gasteiger partial charge in [0.2, 0.25) is 0 Å². The normalized spacial score (nSPS) is 15.3. The van der Waals surface area contributed by atoms with E-state index in [4.69, 9.17) is 9.47 Å². The number of halogens is 3. The molecule has 0 spiro atoms. The van der Waals surface area contributed by atoms with Crippen molar-refractivity contribution in [2.75, 3.05) is 13.2 Å². The molecule has 1 saturated heterocycles. The van der Waals surface area contributed by atoms with E-state index in [1.54, 1.807) is 0 Å². The Morgan fingerprint density at radius 2 is 1.75 bits per heavy atom. The molecule has 0 saturated carbocycles. The van der Waals surface area contributed by atoms with Gasteiger partial charge in [0.1, 0.15) is 40.7 Å². The van der Waals surface area contributed by atoms with Crippen LogP contribution in [0.2, 0.25) is 0 Å². The predicted octanol–water partition coefficient (Wildman–Crippen LogP) is 3.54. The summed E-state index contributed by atoms with van der Waals surface area (Å²) in [4.78, 5) is 14.4. The first-order valence-corrected chi connectivity index (χ1v) is 7.44. The van der Waals surface area contributed by atoms with Gasteiger partial charge in [-0.3, -0.25) is 4.79 Å². The van der Waals surface area contributed by atoms with Gasteiger partial charge in [-0.25, -0.2) is 18.2 Å². The smallest absolute Gasteiger partial charge is 0.168 e. The molecule has 3 rings (SSSR count). The van der Waals surface area contributed by atoms with Crippen molar-refractivity contribution in [3.63, 3.8) is 0 Å². The standard InChI is InChI=1S/C17H14F3NO3/c18-13-2-1-10(9-22)21-17(13)16-14(19)7-12(8-15(16)20)24-11-3-5-23-6-4-11/h1-2,7-9,11H,3-6H2. The Bertz CT molecular complexity index is 738. The van der Waals surface area contributed by atoms with Gasteiger partial charge >= 0.3 is 0 Å². The summed E-state index contributed by atoms with van der Waals surface area (Å²) in [6.45, 7) is 1.06. The lowest BCUT2D eigenvalue weighted by atomic mass is 10.1. The van der Waals surface area contributed by atoms with Crippen molar-refractivity contribution in [2.24, 2.45) is 0 Å². The highest BCUT2D eigenvalue weighted by molar-refractivity contribution is 5.74. The van der Waals surface area contributed by atoms with E-state index in [1.165, 1.54) is 0 Å². The van der Waals surface area contributed by atoms with Crippen LogP contribution in [0, 0.1) is 17.5 Å². The van der Waals surface area contributed by atoms with Crippen LogP contribution >= 0.6 is 0 Å². The molecule has 0 atom stereocenters. The lowest BCUT2D eigenvalue weighted by Crippen LogP contribution is -2.26. The fraction of sp³-hybridized carbons (Fsp3) is 0.294. The van der Waals surface area contributed by atoms with E-state index in [1.807, 2.05) is 0 Å². The topological polar surface area (TPSA) is 48.4 Å². The van der Waals surface area contributed by atoms with Crippen molar-refractivity contribution in [2.45, 2.75) is 18.9 Å². The molecular formula is C17H14F3NO3. The van der Waals surface area contributed by atoms with Crippen LogP contribution in [0.15, 0.2) is 24.3 Å². The Morgan fingerprint density at radius 3 is 2.38 bits per heavy atom. The van der Waals surface area contributed by atoms with Gasteiger partial charge in [-0.05, 0) is 12.1 Å². The maximum Gasteiger partial charge on any atom is 0.168 e. The zero-order valence-corrected chi connectivity index (χ0v) is 12.6. The molecule has 24 heavy (non-hydrogen) atoms. The van der Waals surface area contributed by atoms with Crippen LogP contribution in [0.4, 0.5) is 13.2 Å². The zero-order valence-electron chi connectivity index (χ0n) is 12.6. The minimum atomic E-state index is -1.01. The Labute approximate surface area is 136 Å². The second-order valence-electron chi connectivity index (χ2n) is 5.38. The molecule has 1 aliphatic rings. The number of hydrogen-bond acceptors (Lipinski definition) is 4. The Kier molecular flexibility index (Phi) is 4.80. The van der Waals surface area contributed by atoms with Crippen LogP contribution in [-0.2, 0) is 4.74 Å². The molecule has 2 heterocycles. The number of rotatable bonds is 4. The van der Waals surface area contributed by atoms with Gasteiger partial charge < -0.3 is 9.47 Å². The minimum absolute atomic E-state index is 0.0209. The molecule has 0 bridgehead atoms. The summed E-state index contributed by atoms with van der Waals surface area (Å²) >= 11 is 0. The number of ether oxygens (including phenoxy) is 2. The van der Waals surface area contributed by atoms with Gasteiger partial charge in [0.15, 0.2) is 6.29 Å². The summed E-state index contributed by atoms with van der Waals surface area (Å²) in [5.41, 5.74) is -1.30. The molecule has 0 aliphatic carbocycles. The van der Waals surface area contributed by atoms with E-state index in [-0.39, 0.29) is 17.5 Å². The van der Waals surface area contributed by atoms with Crippen LogP contribution in [0.5, 0.6) is 5.75 Å². The largest absolute Gasteiger partial charge is 0.490 e. The maximum absolute atomic E-state index is 14.3. The van der Waals surface area contributed by atoms with E-state index in [2.05, 4.69) is 4.98 Å². The van der Waals surface area contributed by atoms with E-state index < -0.39 is 28.7 Å². The molecule has 1 aromatic heterocycles. The summed E-state index contributed by atoms with van der Waals surface area (Å²) in [6, 6.07) is 4.05. The molecule has 7 heteroatoms. The SMILES string of the molecule is O=Cc1ccc(F)c(-c2c(F)cc(OC3CCOCC3)cc2F)n1. The first-order chi connectivity index (χ1) is 11.6. The van der Waals surface area contributed by atoms with Crippen molar-refractivity contribution in [3.8, 4) is 17.0 Å². The molecule has 0 radical (unpaired) electrons. The molecule has 0 unspecified atom stereocenters. The quantitative estimate of drug-likeness (QED) is 0.801. The molecular weight excluding hydrogens is 323 g/mol. The van der Waals surface area contributed by atoms with E-state index in [9.17, 15) is 18.0 Å². The summed E-state index contributed by atoms with van der Waals surface area (Å²) in [7, 11) is 0. The van der Waals surface area contributed by atoms with Crippen molar-refractivity contribution < 1.29 is 27.4 Å². The second kappa shape index (κ2) is 7.00. The molecule has 1 aromatic carbocycles. The lowest BCUT2D eigenvalue weighted by Gasteiger charge is -2.23. The molecule has 0 N–H and O–H groups in total. The predicted molar refractivity (Wildman–Crippen MR) is 79.4 cm³/mol. The average Bonchev–Trinajstić information content (AvgIpc) is 2.57. The van der Waals surface area contributed by atoms with Crippen molar-refractivity contribution in [1.82, 2.24) is 4.98 Å². The fourth-order valence-corrected chi connectivity index (χ4v) is 2.53. The third kappa shape index (κ3) is 3.41. The third-order valence-corrected chi connectivity index (χ3v) is 3.71. The highest BCUT2D eigenvalue weighted by Crippen LogP contribution is 2.31. The first kappa shape index (κ1) is 16.4. The van der Waals surface area contributed by atoms with Crippen LogP contribution in [0.1, 0.15) is 23.3 Å². The van der Waals surface area contributed by atoms with Crippen LogP contribution in [-0.4, -0.2) is 30.6 Å². The Hall–Kier alpha value is -2.41. The molecule has 126 valence electrons. The summed E-state index contributed by atoms with van der Waals surface area (Å²) in [5, 5.41) is 0. The summed E-state index contributed by atoms with van der Waals surface area (Å²) in [5.74, 6) is -2.91. The molecule has 0 amide bonds. The maximum atomic E-state index is 14.3. The van der Waals surface area contributed by atoms with Gasteiger partial charge in [-0.2, -0.15) is 0 Å².